The lowest BCUT2D eigenvalue weighted by atomic mass is 10.1. The van der Waals surface area contributed by atoms with Gasteiger partial charge in [0, 0.05) is 22.8 Å². The fourth-order valence-corrected chi connectivity index (χ4v) is 6.08. The van der Waals surface area contributed by atoms with Crippen molar-refractivity contribution in [1.29, 1.82) is 0 Å². The Morgan fingerprint density at radius 1 is 1.05 bits per heavy atom. The predicted octanol–water partition coefficient (Wildman–Crippen LogP) is 3.35. The summed E-state index contributed by atoms with van der Waals surface area (Å²) in [6.07, 6.45) is 2.55. The minimum absolute atomic E-state index is 0.104. The van der Waals surface area contributed by atoms with Crippen LogP contribution in [0.1, 0.15) is 34.2 Å². The highest BCUT2D eigenvalue weighted by Crippen LogP contribution is 2.35. The second-order valence-corrected chi connectivity index (χ2v) is 11.5. The van der Waals surface area contributed by atoms with Crippen LogP contribution in [0.5, 0.6) is 5.75 Å². The Labute approximate surface area is 225 Å². The second kappa shape index (κ2) is 10.2. The van der Waals surface area contributed by atoms with Gasteiger partial charge in [0.25, 0.3) is 5.91 Å². The number of benzene rings is 1. The number of amides is 1. The molecule has 2 aliphatic rings. The van der Waals surface area contributed by atoms with Gasteiger partial charge >= 0.3 is 0 Å². The van der Waals surface area contributed by atoms with E-state index in [-0.39, 0.29) is 41.9 Å². The molecule has 0 saturated heterocycles. The Balaban J connectivity index is 1.22. The number of ether oxygens (including phenoxy) is 2. The van der Waals surface area contributed by atoms with E-state index < -0.39 is 9.84 Å². The molecule has 0 saturated carbocycles. The molecule has 0 unspecified atom stereocenters. The SMILES string of the molecule is CCc1ccc2c(n1)N(c1ccc3cnc(CNC(=O)c4ccc5c(c4)S(=O)(=O)CCOC5)cc3n1)CCO2. The molecule has 0 fully saturated rings. The van der Waals surface area contributed by atoms with Crippen LogP contribution >= 0.6 is 0 Å². The van der Waals surface area contributed by atoms with Gasteiger partial charge < -0.3 is 19.7 Å². The summed E-state index contributed by atoms with van der Waals surface area (Å²) < 4.78 is 36.3. The normalized spacial score (nSPS) is 16.1. The van der Waals surface area contributed by atoms with Gasteiger partial charge in [0.05, 0.1) is 48.2 Å². The zero-order valence-corrected chi connectivity index (χ0v) is 22.2. The number of sulfone groups is 1. The molecule has 2 aliphatic heterocycles. The van der Waals surface area contributed by atoms with Gasteiger partial charge in [-0.2, -0.15) is 0 Å². The summed E-state index contributed by atoms with van der Waals surface area (Å²) in [7, 11) is -3.50. The number of nitrogens with one attached hydrogen (secondary N) is 1. The first-order valence-corrected chi connectivity index (χ1v) is 14.4. The maximum absolute atomic E-state index is 12.9. The Morgan fingerprint density at radius 2 is 1.95 bits per heavy atom. The number of nitrogens with zero attached hydrogens (tertiary/aromatic N) is 4. The molecule has 0 radical (unpaired) electrons. The van der Waals surface area contributed by atoms with E-state index in [0.29, 0.717) is 24.4 Å². The van der Waals surface area contributed by atoms with Gasteiger partial charge in [-0.05, 0) is 54.4 Å². The van der Waals surface area contributed by atoms with Gasteiger partial charge in [-0.3, -0.25) is 9.78 Å². The van der Waals surface area contributed by atoms with Gasteiger partial charge in [0.15, 0.2) is 21.4 Å². The quantitative estimate of drug-likeness (QED) is 0.402. The van der Waals surface area contributed by atoms with E-state index in [4.69, 9.17) is 19.4 Å². The molecular formula is C28H27N5O5S. The largest absolute Gasteiger partial charge is 0.488 e. The van der Waals surface area contributed by atoms with E-state index in [1.165, 1.54) is 6.07 Å². The van der Waals surface area contributed by atoms with E-state index >= 15 is 0 Å². The number of hydrogen-bond acceptors (Lipinski definition) is 9. The van der Waals surface area contributed by atoms with Crippen LogP contribution in [-0.4, -0.2) is 54.8 Å². The molecule has 0 bridgehead atoms. The maximum Gasteiger partial charge on any atom is 0.251 e. The van der Waals surface area contributed by atoms with Gasteiger partial charge in [-0.1, -0.05) is 13.0 Å². The Morgan fingerprint density at radius 3 is 2.82 bits per heavy atom. The van der Waals surface area contributed by atoms with Crippen molar-refractivity contribution < 1.29 is 22.7 Å². The molecule has 1 N–H and O–H groups in total. The van der Waals surface area contributed by atoms with Crippen LogP contribution in [0, 0.1) is 0 Å². The van der Waals surface area contributed by atoms with E-state index in [1.54, 1.807) is 18.3 Å². The average Bonchev–Trinajstić information content (AvgIpc) is 3.12. The predicted molar refractivity (Wildman–Crippen MR) is 145 cm³/mol. The highest BCUT2D eigenvalue weighted by Gasteiger charge is 2.24. The number of carbonyl (C=O) groups is 1. The molecule has 1 amide bonds. The lowest BCUT2D eigenvalue weighted by Crippen LogP contribution is -2.30. The first kappa shape index (κ1) is 25.2. The molecule has 200 valence electrons. The third-order valence-electron chi connectivity index (χ3n) is 6.83. The van der Waals surface area contributed by atoms with Gasteiger partial charge in [0.2, 0.25) is 0 Å². The van der Waals surface area contributed by atoms with Crippen LogP contribution in [0.2, 0.25) is 0 Å². The summed E-state index contributed by atoms with van der Waals surface area (Å²) >= 11 is 0. The van der Waals surface area contributed by atoms with Crippen LogP contribution < -0.4 is 15.0 Å². The summed E-state index contributed by atoms with van der Waals surface area (Å²) in [5.74, 6) is 1.75. The number of pyridine rings is 3. The van der Waals surface area contributed by atoms with Gasteiger partial charge in [-0.25, -0.2) is 18.4 Å². The number of rotatable bonds is 5. The number of aryl methyl sites for hydroxylation is 1. The van der Waals surface area contributed by atoms with Crippen molar-refractivity contribution in [1.82, 2.24) is 20.3 Å². The van der Waals surface area contributed by atoms with Crippen molar-refractivity contribution in [2.75, 3.05) is 30.4 Å². The van der Waals surface area contributed by atoms with E-state index in [0.717, 1.165) is 40.4 Å². The van der Waals surface area contributed by atoms with Crippen molar-refractivity contribution in [2.45, 2.75) is 31.4 Å². The minimum Gasteiger partial charge on any atom is -0.488 e. The third kappa shape index (κ3) is 5.02. The zero-order chi connectivity index (χ0) is 27.0. The van der Waals surface area contributed by atoms with E-state index in [1.807, 2.05) is 30.3 Å². The molecule has 11 heteroatoms. The lowest BCUT2D eigenvalue weighted by Gasteiger charge is -2.29. The topological polar surface area (TPSA) is 124 Å². The second-order valence-electron chi connectivity index (χ2n) is 9.39. The summed E-state index contributed by atoms with van der Waals surface area (Å²) in [5.41, 5.74) is 3.18. The molecule has 0 aliphatic carbocycles. The number of carbonyl (C=O) groups excluding carboxylic acids is 1. The van der Waals surface area contributed by atoms with Crippen molar-refractivity contribution in [3.8, 4) is 5.75 Å². The van der Waals surface area contributed by atoms with Crippen LogP contribution in [0.4, 0.5) is 11.6 Å². The molecule has 5 heterocycles. The summed E-state index contributed by atoms with van der Waals surface area (Å²) in [4.78, 5) is 29.2. The number of aromatic nitrogens is 3. The first-order chi connectivity index (χ1) is 18.9. The standard InChI is InChI=1S/C28H27N5O5S/c1-2-21-6-7-24-27(31-21)33(9-10-38-24)26-8-5-19-15-29-22(14-23(19)32-26)16-30-28(34)18-3-4-20-17-37-11-12-39(35,36)25(20)13-18/h3-8,13-15H,2,9-12,16-17H2,1H3,(H,30,34). The number of anilines is 2. The van der Waals surface area contributed by atoms with Crippen LogP contribution in [0.25, 0.3) is 10.9 Å². The third-order valence-corrected chi connectivity index (χ3v) is 8.58. The molecule has 1 aromatic carbocycles. The van der Waals surface area contributed by atoms with Crippen molar-refractivity contribution in [3.63, 3.8) is 0 Å². The summed E-state index contributed by atoms with van der Waals surface area (Å²) in [6.45, 7) is 3.73. The number of fused-ring (bicyclic) bond motifs is 3. The van der Waals surface area contributed by atoms with Gasteiger partial charge in [-0.15, -0.1) is 0 Å². The molecule has 10 nitrogen and oxygen atoms in total. The molecule has 3 aromatic heterocycles. The molecule has 6 rings (SSSR count). The minimum atomic E-state index is -3.50. The van der Waals surface area contributed by atoms with E-state index in [9.17, 15) is 13.2 Å². The first-order valence-electron chi connectivity index (χ1n) is 12.8. The number of hydrogen-bond donors (Lipinski definition) is 1. The summed E-state index contributed by atoms with van der Waals surface area (Å²) in [5, 5.41) is 3.71. The fourth-order valence-electron chi connectivity index (χ4n) is 4.69. The van der Waals surface area contributed by atoms with Crippen LogP contribution in [0.15, 0.2) is 59.6 Å². The Hall–Kier alpha value is -4.09. The molecule has 4 aromatic rings. The van der Waals surface area contributed by atoms with Crippen LogP contribution in [0.3, 0.4) is 0 Å². The van der Waals surface area contributed by atoms with Gasteiger partial charge in [0.1, 0.15) is 12.4 Å². The average molecular weight is 546 g/mol. The van der Waals surface area contributed by atoms with Crippen molar-refractivity contribution >= 4 is 38.3 Å². The van der Waals surface area contributed by atoms with Crippen molar-refractivity contribution in [3.05, 3.63) is 77.2 Å². The molecule has 0 spiro atoms. The monoisotopic (exact) mass is 545 g/mol. The molecule has 0 atom stereocenters. The Bertz CT molecular complexity index is 1690. The summed E-state index contributed by atoms with van der Waals surface area (Å²) in [6, 6.07) is 14.3. The van der Waals surface area contributed by atoms with Crippen molar-refractivity contribution in [2.24, 2.45) is 0 Å². The molecule has 39 heavy (non-hydrogen) atoms. The lowest BCUT2D eigenvalue weighted by molar-refractivity contribution is 0.0950. The van der Waals surface area contributed by atoms with E-state index in [2.05, 4.69) is 22.1 Å². The molecular weight excluding hydrogens is 518 g/mol. The Kier molecular flexibility index (Phi) is 6.61. The maximum atomic E-state index is 12.9. The van der Waals surface area contributed by atoms with Crippen LogP contribution in [-0.2, 0) is 34.1 Å². The smallest absolute Gasteiger partial charge is 0.251 e. The highest BCUT2D eigenvalue weighted by atomic mass is 32.2. The fraction of sp³-hybridized carbons (Fsp3) is 0.286. The highest BCUT2D eigenvalue weighted by molar-refractivity contribution is 7.91. The zero-order valence-electron chi connectivity index (χ0n) is 21.4.